The van der Waals surface area contributed by atoms with Crippen molar-refractivity contribution >= 4 is 11.7 Å². The van der Waals surface area contributed by atoms with Gasteiger partial charge >= 0.3 is 0 Å². The fraction of sp³-hybridized carbons (Fsp3) is 0.130. The van der Waals surface area contributed by atoms with Gasteiger partial charge in [0.05, 0.1) is 24.0 Å². The first-order valence-electron chi connectivity index (χ1n) is 9.49. The molecule has 4 aromatic rings. The molecule has 4 aromatic heterocycles. The van der Waals surface area contributed by atoms with Gasteiger partial charge in [0.1, 0.15) is 5.82 Å². The van der Waals surface area contributed by atoms with Crippen LogP contribution in [0.2, 0.25) is 0 Å². The maximum atomic E-state index is 12.5. The van der Waals surface area contributed by atoms with E-state index in [0.29, 0.717) is 5.82 Å². The molecule has 0 radical (unpaired) electrons. The van der Waals surface area contributed by atoms with E-state index in [-0.39, 0.29) is 12.3 Å². The Morgan fingerprint density at radius 2 is 1.73 bits per heavy atom. The molecular weight excluding hydrogens is 376 g/mol. The Labute approximate surface area is 174 Å². The highest BCUT2D eigenvalue weighted by Gasteiger charge is 2.10. The number of carbonyl (C=O) groups is 1. The Morgan fingerprint density at radius 1 is 0.833 bits per heavy atom. The zero-order valence-electron chi connectivity index (χ0n) is 16.7. The van der Waals surface area contributed by atoms with Crippen molar-refractivity contribution in [1.82, 2.24) is 24.9 Å². The molecule has 0 unspecified atom stereocenters. The topological polar surface area (TPSA) is 93.6 Å². The molecule has 4 rings (SSSR count). The van der Waals surface area contributed by atoms with Crippen molar-refractivity contribution in [3.05, 3.63) is 84.3 Å². The maximum absolute atomic E-state index is 12.5. The first-order chi connectivity index (χ1) is 14.6. The first kappa shape index (κ1) is 19.3. The van der Waals surface area contributed by atoms with Crippen molar-refractivity contribution < 1.29 is 4.79 Å². The summed E-state index contributed by atoms with van der Waals surface area (Å²) in [4.78, 5) is 33.9. The van der Waals surface area contributed by atoms with Gasteiger partial charge in [-0.05, 0) is 49.2 Å². The molecular formula is C23H20N6O. The van der Waals surface area contributed by atoms with Crippen LogP contribution in [0.4, 0.5) is 5.82 Å². The highest BCUT2D eigenvalue weighted by molar-refractivity contribution is 5.92. The van der Waals surface area contributed by atoms with Gasteiger partial charge in [0.25, 0.3) is 0 Å². The third-order valence-corrected chi connectivity index (χ3v) is 4.58. The molecule has 148 valence electrons. The summed E-state index contributed by atoms with van der Waals surface area (Å²) >= 11 is 0. The summed E-state index contributed by atoms with van der Waals surface area (Å²) in [6.45, 7) is 3.84. The molecule has 1 N–H and O–H groups in total. The Bertz CT molecular complexity index is 1180. The van der Waals surface area contributed by atoms with E-state index < -0.39 is 0 Å². The second-order valence-electron chi connectivity index (χ2n) is 6.94. The summed E-state index contributed by atoms with van der Waals surface area (Å²) in [6.07, 6.45) is 10.3. The van der Waals surface area contributed by atoms with Gasteiger partial charge in [-0.15, -0.1) is 0 Å². The first-order valence-corrected chi connectivity index (χ1v) is 9.49. The van der Waals surface area contributed by atoms with Gasteiger partial charge in [0.15, 0.2) is 0 Å². The van der Waals surface area contributed by atoms with E-state index >= 15 is 0 Å². The van der Waals surface area contributed by atoms with Gasteiger partial charge < -0.3 is 5.32 Å². The predicted octanol–water partition coefficient (Wildman–Crippen LogP) is 3.79. The van der Waals surface area contributed by atoms with Crippen LogP contribution < -0.4 is 5.32 Å². The lowest BCUT2D eigenvalue weighted by molar-refractivity contribution is -0.115. The van der Waals surface area contributed by atoms with Gasteiger partial charge in [-0.3, -0.25) is 24.7 Å². The Morgan fingerprint density at radius 3 is 2.43 bits per heavy atom. The molecule has 7 heteroatoms. The van der Waals surface area contributed by atoms with E-state index in [4.69, 9.17) is 0 Å². The number of amides is 1. The fourth-order valence-electron chi connectivity index (χ4n) is 3.06. The Kier molecular flexibility index (Phi) is 5.52. The summed E-state index contributed by atoms with van der Waals surface area (Å²) < 4.78 is 0. The van der Waals surface area contributed by atoms with E-state index in [1.807, 2.05) is 44.2 Å². The third kappa shape index (κ3) is 4.52. The summed E-state index contributed by atoms with van der Waals surface area (Å²) in [5, 5.41) is 2.87. The molecule has 4 heterocycles. The Hall–Kier alpha value is -4.00. The van der Waals surface area contributed by atoms with Crippen LogP contribution in [0.25, 0.3) is 22.5 Å². The van der Waals surface area contributed by atoms with Crippen LogP contribution in [-0.4, -0.2) is 30.8 Å². The lowest BCUT2D eigenvalue weighted by Gasteiger charge is -2.09. The largest absolute Gasteiger partial charge is 0.310 e. The molecule has 0 bridgehead atoms. The van der Waals surface area contributed by atoms with Gasteiger partial charge in [-0.25, -0.2) is 4.98 Å². The normalized spacial score (nSPS) is 10.6. The molecule has 0 aromatic carbocycles. The molecule has 30 heavy (non-hydrogen) atoms. The highest BCUT2D eigenvalue weighted by atomic mass is 16.1. The number of anilines is 1. The maximum Gasteiger partial charge on any atom is 0.230 e. The number of carbonyl (C=O) groups excluding carboxylic acids is 1. The molecule has 0 spiro atoms. The van der Waals surface area contributed by atoms with Crippen LogP contribution in [-0.2, 0) is 11.2 Å². The van der Waals surface area contributed by atoms with Gasteiger partial charge in [0.2, 0.25) is 5.91 Å². The predicted molar refractivity (Wildman–Crippen MR) is 115 cm³/mol. The zero-order chi connectivity index (χ0) is 20.9. The minimum Gasteiger partial charge on any atom is -0.310 e. The number of hydrogen-bond acceptors (Lipinski definition) is 6. The van der Waals surface area contributed by atoms with Crippen LogP contribution in [0.5, 0.6) is 0 Å². The van der Waals surface area contributed by atoms with E-state index in [9.17, 15) is 4.79 Å². The fourth-order valence-corrected chi connectivity index (χ4v) is 3.06. The Balaban J connectivity index is 1.42. The molecule has 0 atom stereocenters. The van der Waals surface area contributed by atoms with Gasteiger partial charge in [-0.2, -0.15) is 0 Å². The molecule has 0 aliphatic heterocycles. The van der Waals surface area contributed by atoms with Gasteiger partial charge in [-0.1, -0.05) is 6.07 Å². The monoisotopic (exact) mass is 396 g/mol. The number of nitrogens with one attached hydrogen (secondary N) is 1. The second kappa shape index (κ2) is 8.57. The average Bonchev–Trinajstić information content (AvgIpc) is 2.76. The third-order valence-electron chi connectivity index (χ3n) is 4.58. The average molecular weight is 396 g/mol. The minimum atomic E-state index is -0.146. The number of hydrogen-bond donors (Lipinski definition) is 1. The van der Waals surface area contributed by atoms with E-state index in [2.05, 4.69) is 30.2 Å². The molecule has 0 saturated heterocycles. The SMILES string of the molecule is Cc1cc(-c2ccc(CC(=O)Nc3ncc(-c4cnccn4)cc3C)cn2)ccn1. The van der Waals surface area contributed by atoms with E-state index in [1.54, 1.807) is 37.2 Å². The summed E-state index contributed by atoms with van der Waals surface area (Å²) in [5.74, 6) is 0.386. The molecule has 0 aliphatic rings. The van der Waals surface area contributed by atoms with Gasteiger partial charge in [0, 0.05) is 47.8 Å². The number of pyridine rings is 3. The zero-order valence-corrected chi connectivity index (χ0v) is 16.7. The molecule has 0 saturated carbocycles. The van der Waals surface area contributed by atoms with Crippen molar-refractivity contribution in [3.8, 4) is 22.5 Å². The quantitative estimate of drug-likeness (QED) is 0.552. The van der Waals surface area contributed by atoms with Crippen LogP contribution in [0.3, 0.4) is 0 Å². The standard InChI is InChI=1S/C23H20N6O/c1-15-9-19(21-14-24-7-8-26-21)13-28-23(15)29-22(30)11-17-3-4-20(27-12-17)18-5-6-25-16(2)10-18/h3-10,12-14H,11H2,1-2H3,(H,28,29,30). The van der Waals surface area contributed by atoms with Crippen LogP contribution >= 0.6 is 0 Å². The van der Waals surface area contributed by atoms with Crippen LogP contribution in [0.1, 0.15) is 16.8 Å². The number of aromatic nitrogens is 5. The number of aryl methyl sites for hydroxylation is 2. The van der Waals surface area contributed by atoms with Crippen LogP contribution in [0, 0.1) is 13.8 Å². The second-order valence-corrected chi connectivity index (χ2v) is 6.94. The van der Waals surface area contributed by atoms with Crippen molar-refractivity contribution in [3.63, 3.8) is 0 Å². The lowest BCUT2D eigenvalue weighted by Crippen LogP contribution is -2.16. The molecule has 0 fully saturated rings. The molecule has 0 aliphatic carbocycles. The number of nitrogens with zero attached hydrogens (tertiary/aromatic N) is 5. The van der Waals surface area contributed by atoms with E-state index in [1.165, 1.54) is 0 Å². The minimum absolute atomic E-state index is 0.146. The lowest BCUT2D eigenvalue weighted by atomic mass is 10.1. The number of rotatable bonds is 5. The summed E-state index contributed by atoms with van der Waals surface area (Å²) in [6, 6.07) is 9.65. The van der Waals surface area contributed by atoms with Crippen molar-refractivity contribution in [2.45, 2.75) is 20.3 Å². The van der Waals surface area contributed by atoms with Crippen molar-refractivity contribution in [1.29, 1.82) is 0 Å². The summed E-state index contributed by atoms with van der Waals surface area (Å²) in [5.41, 5.74) is 6.06. The summed E-state index contributed by atoms with van der Waals surface area (Å²) in [7, 11) is 0. The van der Waals surface area contributed by atoms with Crippen LogP contribution in [0.15, 0.2) is 67.5 Å². The van der Waals surface area contributed by atoms with Crippen molar-refractivity contribution in [2.75, 3.05) is 5.32 Å². The smallest absolute Gasteiger partial charge is 0.230 e. The van der Waals surface area contributed by atoms with Crippen molar-refractivity contribution in [2.24, 2.45) is 0 Å². The highest BCUT2D eigenvalue weighted by Crippen LogP contribution is 2.21. The van der Waals surface area contributed by atoms with E-state index in [0.717, 1.165) is 39.3 Å². The molecule has 7 nitrogen and oxygen atoms in total. The molecule has 1 amide bonds.